The molecule has 0 atom stereocenters. The SMILES string of the molecule is O=C(Cc1cccc(N2CCCC2)c1)N/N=C/c1ccccc1OS(=O)(=O)c1ccc(C(F)(F)F)cc1. The summed E-state index contributed by atoms with van der Waals surface area (Å²) < 4.78 is 68.6. The molecule has 1 amide bonds. The maximum atomic E-state index is 12.8. The Morgan fingerprint density at radius 1 is 1.00 bits per heavy atom. The van der Waals surface area contributed by atoms with Gasteiger partial charge in [-0.2, -0.15) is 26.7 Å². The van der Waals surface area contributed by atoms with Crippen molar-refractivity contribution in [1.82, 2.24) is 5.43 Å². The van der Waals surface area contributed by atoms with Gasteiger partial charge in [0.1, 0.15) is 4.90 Å². The predicted octanol–water partition coefficient (Wildman–Crippen LogP) is 4.77. The number of anilines is 1. The Balaban J connectivity index is 1.40. The van der Waals surface area contributed by atoms with Crippen LogP contribution in [0.1, 0.15) is 29.5 Å². The number of alkyl halides is 3. The molecule has 0 saturated carbocycles. The summed E-state index contributed by atoms with van der Waals surface area (Å²) in [4.78, 5) is 14.2. The number of nitrogens with one attached hydrogen (secondary N) is 1. The van der Waals surface area contributed by atoms with Gasteiger partial charge in [0.25, 0.3) is 0 Å². The molecule has 0 spiro atoms. The van der Waals surface area contributed by atoms with E-state index in [4.69, 9.17) is 4.18 Å². The zero-order valence-corrected chi connectivity index (χ0v) is 20.4. The summed E-state index contributed by atoms with van der Waals surface area (Å²) in [7, 11) is -4.41. The van der Waals surface area contributed by atoms with Gasteiger partial charge in [-0.25, -0.2) is 5.43 Å². The van der Waals surface area contributed by atoms with Crippen molar-refractivity contribution in [3.63, 3.8) is 0 Å². The van der Waals surface area contributed by atoms with Crippen LogP contribution in [-0.2, 0) is 27.5 Å². The van der Waals surface area contributed by atoms with E-state index in [0.29, 0.717) is 12.1 Å². The second-order valence-electron chi connectivity index (χ2n) is 8.43. The van der Waals surface area contributed by atoms with E-state index in [1.54, 1.807) is 6.07 Å². The lowest BCUT2D eigenvalue weighted by molar-refractivity contribution is -0.137. The molecule has 1 aliphatic rings. The number of rotatable bonds is 8. The van der Waals surface area contributed by atoms with E-state index in [-0.39, 0.29) is 23.6 Å². The number of carbonyl (C=O) groups excluding carboxylic acids is 1. The minimum Gasteiger partial charge on any atom is -0.378 e. The first-order valence-electron chi connectivity index (χ1n) is 11.5. The van der Waals surface area contributed by atoms with Gasteiger partial charge >= 0.3 is 16.3 Å². The van der Waals surface area contributed by atoms with Gasteiger partial charge < -0.3 is 9.08 Å². The van der Waals surface area contributed by atoms with Crippen molar-refractivity contribution in [2.75, 3.05) is 18.0 Å². The van der Waals surface area contributed by atoms with E-state index in [1.165, 1.54) is 24.4 Å². The van der Waals surface area contributed by atoms with E-state index in [9.17, 15) is 26.4 Å². The molecule has 3 aromatic carbocycles. The minimum atomic E-state index is -4.59. The Hall–Kier alpha value is -3.86. The summed E-state index contributed by atoms with van der Waals surface area (Å²) in [5.74, 6) is -0.454. The Morgan fingerprint density at radius 2 is 1.70 bits per heavy atom. The zero-order valence-electron chi connectivity index (χ0n) is 19.6. The number of hydrazone groups is 1. The molecule has 1 N–H and O–H groups in total. The zero-order chi connectivity index (χ0) is 26.5. The third-order valence-corrected chi connectivity index (χ3v) is 6.98. The maximum Gasteiger partial charge on any atom is 0.416 e. The number of amides is 1. The van der Waals surface area contributed by atoms with Gasteiger partial charge in [-0.1, -0.05) is 24.3 Å². The topological polar surface area (TPSA) is 88.1 Å². The van der Waals surface area contributed by atoms with Gasteiger partial charge in [-0.3, -0.25) is 4.79 Å². The van der Waals surface area contributed by atoms with E-state index in [0.717, 1.165) is 49.3 Å². The van der Waals surface area contributed by atoms with E-state index >= 15 is 0 Å². The largest absolute Gasteiger partial charge is 0.416 e. The Kier molecular flexibility index (Phi) is 7.82. The summed E-state index contributed by atoms with van der Waals surface area (Å²) in [5, 5.41) is 3.90. The lowest BCUT2D eigenvalue weighted by atomic mass is 10.1. The van der Waals surface area contributed by atoms with Crippen LogP contribution in [-0.4, -0.2) is 33.6 Å². The van der Waals surface area contributed by atoms with Crippen LogP contribution >= 0.6 is 0 Å². The first-order chi connectivity index (χ1) is 17.6. The van der Waals surface area contributed by atoms with Crippen LogP contribution in [0.25, 0.3) is 0 Å². The standard InChI is InChI=1S/C26H24F3N3O4S/c27-26(28,29)21-10-12-23(13-11-21)37(34,35)36-24-9-2-1-7-20(24)18-30-31-25(33)17-19-6-5-8-22(16-19)32-14-3-4-15-32/h1-2,5-13,16,18H,3-4,14-15,17H2,(H,31,33)/b30-18+. The molecule has 1 saturated heterocycles. The molecule has 7 nitrogen and oxygen atoms in total. The van der Waals surface area contributed by atoms with Crippen LogP contribution < -0.4 is 14.5 Å². The number of halogens is 3. The van der Waals surface area contributed by atoms with Crippen LogP contribution in [0.2, 0.25) is 0 Å². The highest BCUT2D eigenvalue weighted by molar-refractivity contribution is 7.87. The van der Waals surface area contributed by atoms with Gasteiger partial charge in [0.2, 0.25) is 5.91 Å². The Labute approximate surface area is 212 Å². The van der Waals surface area contributed by atoms with Gasteiger partial charge in [0.05, 0.1) is 18.2 Å². The van der Waals surface area contributed by atoms with E-state index in [1.807, 2.05) is 24.3 Å². The third-order valence-electron chi connectivity index (χ3n) is 5.73. The average molecular weight is 532 g/mol. The summed E-state index contributed by atoms with van der Waals surface area (Å²) in [6.45, 7) is 1.99. The number of hydrogen-bond donors (Lipinski definition) is 1. The summed E-state index contributed by atoms with van der Waals surface area (Å²) in [6, 6.07) is 16.8. The van der Waals surface area contributed by atoms with Crippen LogP contribution in [0.15, 0.2) is 82.8 Å². The second-order valence-corrected chi connectivity index (χ2v) is 9.98. The molecule has 1 heterocycles. The molecule has 11 heteroatoms. The van der Waals surface area contributed by atoms with Crippen molar-refractivity contribution in [2.45, 2.75) is 30.3 Å². The number of benzene rings is 3. The summed E-state index contributed by atoms with van der Waals surface area (Å²) in [5.41, 5.74) is 3.60. The second kappa shape index (κ2) is 11.0. The number of hydrogen-bond acceptors (Lipinski definition) is 6. The summed E-state index contributed by atoms with van der Waals surface area (Å²) in [6.07, 6.45) is -0.949. The molecular formula is C26H24F3N3O4S. The molecule has 0 bridgehead atoms. The Morgan fingerprint density at radius 3 is 2.41 bits per heavy atom. The van der Waals surface area contributed by atoms with Gasteiger partial charge in [-0.15, -0.1) is 0 Å². The molecule has 37 heavy (non-hydrogen) atoms. The number of para-hydroxylation sites is 1. The van der Waals surface area contributed by atoms with Crippen LogP contribution in [0, 0.1) is 0 Å². The van der Waals surface area contributed by atoms with Crippen molar-refractivity contribution < 1.29 is 30.6 Å². The minimum absolute atomic E-state index is 0.0984. The van der Waals surface area contributed by atoms with Crippen LogP contribution in [0.5, 0.6) is 5.75 Å². The third kappa shape index (κ3) is 6.88. The summed E-state index contributed by atoms with van der Waals surface area (Å²) >= 11 is 0. The maximum absolute atomic E-state index is 12.8. The Bertz CT molecular complexity index is 1380. The van der Waals surface area contributed by atoms with Crippen molar-refractivity contribution in [3.05, 3.63) is 89.5 Å². The highest BCUT2D eigenvalue weighted by atomic mass is 32.2. The normalized spacial score (nSPS) is 14.2. The van der Waals surface area contributed by atoms with E-state index < -0.39 is 26.8 Å². The molecule has 0 radical (unpaired) electrons. The molecular weight excluding hydrogens is 507 g/mol. The molecule has 3 aromatic rings. The first kappa shape index (κ1) is 26.2. The number of carbonyl (C=O) groups is 1. The average Bonchev–Trinajstić information content (AvgIpc) is 3.40. The lowest BCUT2D eigenvalue weighted by Gasteiger charge is -2.18. The van der Waals surface area contributed by atoms with Crippen molar-refractivity contribution in [2.24, 2.45) is 5.10 Å². The fourth-order valence-corrected chi connectivity index (χ4v) is 4.83. The molecule has 0 aliphatic carbocycles. The highest BCUT2D eigenvalue weighted by Crippen LogP contribution is 2.30. The molecule has 4 rings (SSSR count). The first-order valence-corrected chi connectivity index (χ1v) is 12.9. The fraction of sp³-hybridized carbons (Fsp3) is 0.231. The van der Waals surface area contributed by atoms with Gasteiger partial charge in [-0.05, 0) is 66.9 Å². The molecule has 0 aromatic heterocycles. The quantitative estimate of drug-likeness (QED) is 0.257. The van der Waals surface area contributed by atoms with Gasteiger partial charge in [0, 0.05) is 24.3 Å². The molecule has 1 aliphatic heterocycles. The van der Waals surface area contributed by atoms with Gasteiger partial charge in [0.15, 0.2) is 5.75 Å². The fourth-order valence-electron chi connectivity index (χ4n) is 3.88. The molecule has 0 unspecified atom stereocenters. The van der Waals surface area contributed by atoms with Crippen molar-refractivity contribution in [3.8, 4) is 5.75 Å². The van der Waals surface area contributed by atoms with Crippen molar-refractivity contribution >= 4 is 27.9 Å². The van der Waals surface area contributed by atoms with Crippen LogP contribution in [0.4, 0.5) is 18.9 Å². The predicted molar refractivity (Wildman–Crippen MR) is 133 cm³/mol. The number of nitrogens with zero attached hydrogens (tertiary/aromatic N) is 2. The highest BCUT2D eigenvalue weighted by Gasteiger charge is 2.31. The van der Waals surface area contributed by atoms with E-state index in [2.05, 4.69) is 15.4 Å². The monoisotopic (exact) mass is 531 g/mol. The lowest BCUT2D eigenvalue weighted by Crippen LogP contribution is -2.21. The van der Waals surface area contributed by atoms with Crippen LogP contribution in [0.3, 0.4) is 0 Å². The smallest absolute Gasteiger partial charge is 0.378 e. The molecule has 194 valence electrons. The van der Waals surface area contributed by atoms with Crippen molar-refractivity contribution in [1.29, 1.82) is 0 Å². The molecule has 1 fully saturated rings.